The first-order valence-electron chi connectivity index (χ1n) is 7.83. The Kier molecular flexibility index (Phi) is 4.26. The third-order valence-electron chi connectivity index (χ3n) is 4.49. The summed E-state index contributed by atoms with van der Waals surface area (Å²) in [6.07, 6.45) is 6.08. The molecule has 1 aliphatic carbocycles. The minimum atomic E-state index is -0.616. The van der Waals surface area contributed by atoms with Crippen molar-refractivity contribution in [2.45, 2.75) is 50.0 Å². The molecule has 0 bridgehead atoms. The van der Waals surface area contributed by atoms with Gasteiger partial charge in [0.2, 0.25) is 5.95 Å². The molecule has 3 rings (SSSR count). The van der Waals surface area contributed by atoms with Gasteiger partial charge < -0.3 is 20.9 Å². The lowest BCUT2D eigenvalue weighted by Crippen LogP contribution is -2.39. The third-order valence-corrected chi connectivity index (χ3v) is 4.49. The van der Waals surface area contributed by atoms with Crippen LogP contribution < -0.4 is 11.1 Å². The van der Waals surface area contributed by atoms with Crippen molar-refractivity contribution in [3.05, 3.63) is 11.8 Å². The maximum Gasteiger partial charge on any atom is 0.222 e. The van der Waals surface area contributed by atoms with E-state index in [0.717, 1.165) is 44.4 Å². The summed E-state index contributed by atoms with van der Waals surface area (Å²) in [6.45, 7) is 1.99. The standard InChI is InChI=1S/C15H24N4O2/c16-14-18-12(11-4-7-21-9-11)8-13(19-14)17-10-15(20)5-2-1-3-6-15/h8,11,20H,1-7,9-10H2,(H3,16,17,18,19)/t11-/m1/s1. The largest absolute Gasteiger partial charge is 0.388 e. The first-order valence-corrected chi connectivity index (χ1v) is 7.83. The summed E-state index contributed by atoms with van der Waals surface area (Å²) in [7, 11) is 0. The molecule has 1 saturated heterocycles. The van der Waals surface area contributed by atoms with E-state index in [1.54, 1.807) is 0 Å². The summed E-state index contributed by atoms with van der Waals surface area (Å²) in [6, 6.07) is 1.93. The Balaban J connectivity index is 1.67. The number of nitrogens with zero attached hydrogens (tertiary/aromatic N) is 2. The summed E-state index contributed by atoms with van der Waals surface area (Å²) in [5, 5.41) is 13.8. The van der Waals surface area contributed by atoms with Gasteiger partial charge in [0.15, 0.2) is 0 Å². The second-order valence-corrected chi connectivity index (χ2v) is 6.24. The fourth-order valence-corrected chi connectivity index (χ4v) is 3.19. The molecular formula is C15H24N4O2. The van der Waals surface area contributed by atoms with Gasteiger partial charge in [0.05, 0.1) is 17.9 Å². The quantitative estimate of drug-likeness (QED) is 0.781. The molecule has 0 aromatic carbocycles. The second-order valence-electron chi connectivity index (χ2n) is 6.24. The van der Waals surface area contributed by atoms with E-state index in [1.807, 2.05) is 6.07 Å². The Morgan fingerprint density at radius 2 is 2.14 bits per heavy atom. The molecule has 0 unspecified atom stereocenters. The van der Waals surface area contributed by atoms with Gasteiger partial charge in [-0.05, 0) is 19.3 Å². The van der Waals surface area contributed by atoms with Gasteiger partial charge >= 0.3 is 0 Å². The van der Waals surface area contributed by atoms with Crippen LogP contribution in [-0.4, -0.2) is 40.4 Å². The van der Waals surface area contributed by atoms with Gasteiger partial charge in [-0.15, -0.1) is 0 Å². The number of nitrogens with two attached hydrogens (primary N) is 1. The average Bonchev–Trinajstić information content (AvgIpc) is 3.00. The molecule has 0 amide bonds. The van der Waals surface area contributed by atoms with Crippen LogP contribution >= 0.6 is 0 Å². The van der Waals surface area contributed by atoms with Crippen LogP contribution in [0.5, 0.6) is 0 Å². The molecule has 6 heteroatoms. The molecule has 6 nitrogen and oxygen atoms in total. The van der Waals surface area contributed by atoms with E-state index in [9.17, 15) is 5.11 Å². The first kappa shape index (κ1) is 14.5. The van der Waals surface area contributed by atoms with Gasteiger partial charge in [-0.25, -0.2) is 4.98 Å². The predicted octanol–water partition coefficient (Wildman–Crippen LogP) is 1.67. The minimum Gasteiger partial charge on any atom is -0.388 e. The molecule has 116 valence electrons. The summed E-state index contributed by atoms with van der Waals surface area (Å²) >= 11 is 0. The van der Waals surface area contributed by atoms with Crippen LogP contribution in [0.3, 0.4) is 0 Å². The van der Waals surface area contributed by atoms with Crippen LogP contribution in [0.25, 0.3) is 0 Å². The maximum absolute atomic E-state index is 10.5. The Morgan fingerprint density at radius 1 is 1.33 bits per heavy atom. The van der Waals surface area contributed by atoms with Gasteiger partial charge in [-0.3, -0.25) is 0 Å². The van der Waals surface area contributed by atoms with Crippen molar-refractivity contribution in [3.8, 4) is 0 Å². The van der Waals surface area contributed by atoms with Crippen LogP contribution in [0.15, 0.2) is 6.07 Å². The molecule has 2 fully saturated rings. The molecule has 0 radical (unpaired) electrons. The Bertz CT molecular complexity index is 483. The molecule has 0 spiro atoms. The molecule has 2 heterocycles. The normalized spacial score (nSPS) is 24.9. The molecule has 21 heavy (non-hydrogen) atoms. The monoisotopic (exact) mass is 292 g/mol. The van der Waals surface area contributed by atoms with Gasteiger partial charge in [0.1, 0.15) is 5.82 Å². The van der Waals surface area contributed by atoms with E-state index in [1.165, 1.54) is 6.42 Å². The fraction of sp³-hybridized carbons (Fsp3) is 0.733. The van der Waals surface area contributed by atoms with Crippen LogP contribution in [0, 0.1) is 0 Å². The summed E-state index contributed by atoms with van der Waals surface area (Å²) in [5.74, 6) is 1.27. The number of hydrogen-bond acceptors (Lipinski definition) is 6. The zero-order valence-corrected chi connectivity index (χ0v) is 12.3. The number of aliphatic hydroxyl groups is 1. The summed E-state index contributed by atoms with van der Waals surface area (Å²) in [5.41, 5.74) is 6.12. The molecule has 1 atom stereocenters. The first-order chi connectivity index (χ1) is 10.1. The SMILES string of the molecule is Nc1nc(NCC2(O)CCCCC2)cc([C@@H]2CCOC2)n1. The van der Waals surface area contributed by atoms with E-state index in [2.05, 4.69) is 15.3 Å². The van der Waals surface area contributed by atoms with Crippen LogP contribution in [-0.2, 0) is 4.74 Å². The zero-order valence-electron chi connectivity index (χ0n) is 12.3. The summed E-state index contributed by atoms with van der Waals surface area (Å²) in [4.78, 5) is 8.54. The van der Waals surface area contributed by atoms with E-state index in [4.69, 9.17) is 10.5 Å². The van der Waals surface area contributed by atoms with E-state index < -0.39 is 5.60 Å². The van der Waals surface area contributed by atoms with Gasteiger partial charge in [0, 0.05) is 25.1 Å². The lowest BCUT2D eigenvalue weighted by molar-refractivity contribution is 0.0166. The highest BCUT2D eigenvalue weighted by Gasteiger charge is 2.29. The second kappa shape index (κ2) is 6.15. The highest BCUT2D eigenvalue weighted by atomic mass is 16.5. The van der Waals surface area contributed by atoms with Crippen molar-refractivity contribution in [2.75, 3.05) is 30.8 Å². The molecule has 2 aliphatic rings. The number of hydrogen-bond donors (Lipinski definition) is 3. The number of aromatic nitrogens is 2. The van der Waals surface area contributed by atoms with Crippen LogP contribution in [0.4, 0.5) is 11.8 Å². The molecule has 1 aromatic rings. The lowest BCUT2D eigenvalue weighted by atomic mass is 9.85. The van der Waals surface area contributed by atoms with E-state index in [0.29, 0.717) is 24.9 Å². The highest BCUT2D eigenvalue weighted by molar-refractivity contribution is 5.42. The lowest BCUT2D eigenvalue weighted by Gasteiger charge is -2.32. The van der Waals surface area contributed by atoms with Crippen LogP contribution in [0.1, 0.15) is 50.1 Å². The zero-order chi connectivity index (χ0) is 14.7. The highest BCUT2D eigenvalue weighted by Crippen LogP contribution is 2.29. The fourth-order valence-electron chi connectivity index (χ4n) is 3.19. The number of ether oxygens (including phenoxy) is 1. The minimum absolute atomic E-state index is 0.275. The predicted molar refractivity (Wildman–Crippen MR) is 81.1 cm³/mol. The molecule has 1 aliphatic heterocycles. The van der Waals surface area contributed by atoms with E-state index in [-0.39, 0.29) is 5.95 Å². The van der Waals surface area contributed by atoms with Crippen molar-refractivity contribution < 1.29 is 9.84 Å². The van der Waals surface area contributed by atoms with Crippen LogP contribution in [0.2, 0.25) is 0 Å². The Hall–Kier alpha value is -1.40. The average molecular weight is 292 g/mol. The number of anilines is 2. The molecule has 1 aromatic heterocycles. The number of nitrogens with one attached hydrogen (secondary N) is 1. The number of rotatable bonds is 4. The Morgan fingerprint density at radius 3 is 2.86 bits per heavy atom. The molecule has 4 N–H and O–H groups in total. The Labute approximate surface area is 125 Å². The smallest absolute Gasteiger partial charge is 0.222 e. The van der Waals surface area contributed by atoms with Crippen molar-refractivity contribution in [3.63, 3.8) is 0 Å². The van der Waals surface area contributed by atoms with Crippen molar-refractivity contribution >= 4 is 11.8 Å². The van der Waals surface area contributed by atoms with E-state index >= 15 is 0 Å². The molecule has 1 saturated carbocycles. The molecular weight excluding hydrogens is 268 g/mol. The van der Waals surface area contributed by atoms with Gasteiger partial charge in [-0.1, -0.05) is 19.3 Å². The van der Waals surface area contributed by atoms with Gasteiger partial charge in [-0.2, -0.15) is 4.98 Å². The summed E-state index contributed by atoms with van der Waals surface area (Å²) < 4.78 is 5.40. The topological polar surface area (TPSA) is 93.3 Å². The van der Waals surface area contributed by atoms with Crippen molar-refractivity contribution in [1.82, 2.24) is 9.97 Å². The third kappa shape index (κ3) is 3.63. The maximum atomic E-state index is 10.5. The van der Waals surface area contributed by atoms with Gasteiger partial charge in [0.25, 0.3) is 0 Å². The van der Waals surface area contributed by atoms with Crippen molar-refractivity contribution in [1.29, 1.82) is 0 Å². The van der Waals surface area contributed by atoms with Crippen molar-refractivity contribution in [2.24, 2.45) is 0 Å². The number of nitrogen functional groups attached to an aromatic ring is 1.